The van der Waals surface area contributed by atoms with Crippen molar-refractivity contribution in [2.45, 2.75) is 33.2 Å². The number of amides is 1. The number of aromatic nitrogens is 1. The van der Waals surface area contributed by atoms with Crippen LogP contribution < -0.4 is 5.73 Å². The van der Waals surface area contributed by atoms with Crippen molar-refractivity contribution in [3.63, 3.8) is 0 Å². The highest BCUT2D eigenvalue weighted by Crippen LogP contribution is 2.19. The molecule has 5 heteroatoms. The zero-order valence-electron chi connectivity index (χ0n) is 12.8. The van der Waals surface area contributed by atoms with E-state index in [1.165, 1.54) is 6.42 Å². The lowest BCUT2D eigenvalue weighted by Crippen LogP contribution is -2.49. The van der Waals surface area contributed by atoms with Gasteiger partial charge in [-0.1, -0.05) is 6.92 Å². The fourth-order valence-corrected chi connectivity index (χ4v) is 2.75. The summed E-state index contributed by atoms with van der Waals surface area (Å²) in [5, 5.41) is 0. The number of carbonyl (C=O) groups is 1. The van der Waals surface area contributed by atoms with E-state index in [2.05, 4.69) is 25.7 Å². The third kappa shape index (κ3) is 3.15. The number of nitrogen functional groups attached to an aromatic ring is 1. The average Bonchev–Trinajstić information content (AvgIpc) is 2.81. The van der Waals surface area contributed by atoms with Crippen LogP contribution in [0.25, 0.3) is 0 Å². The highest BCUT2D eigenvalue weighted by Gasteiger charge is 2.24. The molecule has 0 radical (unpaired) electrons. The zero-order chi connectivity index (χ0) is 14.7. The van der Waals surface area contributed by atoms with Crippen LogP contribution in [0.1, 0.15) is 43.7 Å². The number of piperazine rings is 1. The molecule has 0 spiro atoms. The number of nitrogens with zero attached hydrogens (tertiary/aromatic N) is 3. The molecule has 2 heterocycles. The summed E-state index contributed by atoms with van der Waals surface area (Å²) in [6, 6.07) is 2.04. The average molecular weight is 278 g/mol. The molecule has 2 N–H and O–H groups in total. The van der Waals surface area contributed by atoms with Gasteiger partial charge in [0.2, 0.25) is 0 Å². The summed E-state index contributed by atoms with van der Waals surface area (Å²) in [6.45, 7) is 11.0. The lowest BCUT2D eigenvalue weighted by atomic mass is 10.2. The Hall–Kier alpha value is -1.49. The first-order valence-electron chi connectivity index (χ1n) is 7.52. The number of carbonyl (C=O) groups excluding carboxylic acids is 1. The molecule has 112 valence electrons. The molecule has 1 amide bonds. The van der Waals surface area contributed by atoms with Gasteiger partial charge in [-0.05, 0) is 32.9 Å². The van der Waals surface area contributed by atoms with Gasteiger partial charge in [-0.3, -0.25) is 9.69 Å². The first kappa shape index (κ1) is 14.9. The van der Waals surface area contributed by atoms with Gasteiger partial charge in [0.25, 0.3) is 5.91 Å². The maximum atomic E-state index is 12.6. The second-order valence-corrected chi connectivity index (χ2v) is 5.79. The van der Waals surface area contributed by atoms with Crippen molar-refractivity contribution >= 4 is 11.6 Å². The Balaban J connectivity index is 2.05. The molecular formula is C15H26N4O. The molecule has 1 saturated heterocycles. The Labute approximate surface area is 121 Å². The van der Waals surface area contributed by atoms with Crippen LogP contribution in [0.4, 0.5) is 5.69 Å². The van der Waals surface area contributed by atoms with Crippen molar-refractivity contribution < 1.29 is 4.79 Å². The third-order valence-electron chi connectivity index (χ3n) is 3.84. The lowest BCUT2D eigenvalue weighted by molar-refractivity contribution is 0.0625. The molecule has 0 aliphatic carbocycles. The fraction of sp³-hybridized carbons (Fsp3) is 0.667. The zero-order valence-corrected chi connectivity index (χ0v) is 12.8. The molecular weight excluding hydrogens is 252 g/mol. The molecule has 5 nitrogen and oxygen atoms in total. The Morgan fingerprint density at radius 2 is 1.95 bits per heavy atom. The number of nitrogens with two attached hydrogens (primary N) is 1. The number of rotatable bonds is 4. The minimum atomic E-state index is 0.103. The molecule has 1 aliphatic heterocycles. The summed E-state index contributed by atoms with van der Waals surface area (Å²) in [7, 11) is 0. The van der Waals surface area contributed by atoms with Crippen molar-refractivity contribution in [3.8, 4) is 0 Å². The quantitative estimate of drug-likeness (QED) is 0.914. The summed E-state index contributed by atoms with van der Waals surface area (Å²) >= 11 is 0. The van der Waals surface area contributed by atoms with Gasteiger partial charge in [0.1, 0.15) is 5.69 Å². The Kier molecular flexibility index (Phi) is 4.70. The highest BCUT2D eigenvalue weighted by atomic mass is 16.2. The first-order chi connectivity index (χ1) is 9.52. The van der Waals surface area contributed by atoms with E-state index >= 15 is 0 Å². The van der Waals surface area contributed by atoms with Crippen molar-refractivity contribution in [2.75, 3.05) is 38.5 Å². The minimum absolute atomic E-state index is 0.103. The molecule has 0 bridgehead atoms. The van der Waals surface area contributed by atoms with Gasteiger partial charge >= 0.3 is 0 Å². The van der Waals surface area contributed by atoms with Crippen LogP contribution in [0.15, 0.2) is 12.3 Å². The number of anilines is 1. The second kappa shape index (κ2) is 6.31. The van der Waals surface area contributed by atoms with Crippen LogP contribution >= 0.6 is 0 Å². The van der Waals surface area contributed by atoms with Crippen molar-refractivity contribution in [1.82, 2.24) is 14.4 Å². The van der Waals surface area contributed by atoms with Gasteiger partial charge in [-0.15, -0.1) is 0 Å². The van der Waals surface area contributed by atoms with Crippen LogP contribution in [-0.2, 0) is 0 Å². The summed E-state index contributed by atoms with van der Waals surface area (Å²) in [5.41, 5.74) is 7.21. The lowest BCUT2D eigenvalue weighted by Gasteiger charge is -2.34. The van der Waals surface area contributed by atoms with Gasteiger partial charge in [-0.2, -0.15) is 0 Å². The molecule has 1 aromatic rings. The first-order valence-corrected chi connectivity index (χ1v) is 7.52. The van der Waals surface area contributed by atoms with Gasteiger partial charge in [0.15, 0.2) is 0 Å². The second-order valence-electron chi connectivity index (χ2n) is 5.79. The summed E-state index contributed by atoms with van der Waals surface area (Å²) in [6.07, 6.45) is 3.02. The van der Waals surface area contributed by atoms with E-state index in [0.29, 0.717) is 11.4 Å². The standard InChI is InChI=1S/C15H26N4O/c1-4-5-17-6-8-18(9-7-17)15(20)14-10-13(16)11-19(14)12(2)3/h10-12H,4-9,16H2,1-3H3. The number of hydrogen-bond donors (Lipinski definition) is 1. The van der Waals surface area contributed by atoms with E-state index in [0.717, 1.165) is 32.7 Å². The molecule has 20 heavy (non-hydrogen) atoms. The highest BCUT2D eigenvalue weighted by molar-refractivity contribution is 5.94. The predicted molar refractivity (Wildman–Crippen MR) is 81.9 cm³/mol. The monoisotopic (exact) mass is 278 g/mol. The van der Waals surface area contributed by atoms with Crippen molar-refractivity contribution in [1.29, 1.82) is 0 Å². The molecule has 1 aromatic heterocycles. The maximum absolute atomic E-state index is 12.6. The number of hydrogen-bond acceptors (Lipinski definition) is 3. The van der Waals surface area contributed by atoms with Gasteiger partial charge in [0.05, 0.1) is 5.69 Å². The van der Waals surface area contributed by atoms with Gasteiger partial charge < -0.3 is 15.2 Å². The fourth-order valence-electron chi connectivity index (χ4n) is 2.75. The Morgan fingerprint density at radius 3 is 2.50 bits per heavy atom. The summed E-state index contributed by atoms with van der Waals surface area (Å²) in [5.74, 6) is 0.103. The van der Waals surface area contributed by atoms with Crippen LogP contribution in [0.2, 0.25) is 0 Å². The van der Waals surface area contributed by atoms with E-state index in [1.54, 1.807) is 6.07 Å². The Bertz CT molecular complexity index is 458. The minimum Gasteiger partial charge on any atom is -0.397 e. The Morgan fingerprint density at radius 1 is 1.30 bits per heavy atom. The largest absolute Gasteiger partial charge is 0.397 e. The maximum Gasteiger partial charge on any atom is 0.270 e. The van der Waals surface area contributed by atoms with Crippen LogP contribution in [0, 0.1) is 0 Å². The summed E-state index contributed by atoms with van der Waals surface area (Å²) in [4.78, 5) is 17.0. The van der Waals surface area contributed by atoms with E-state index in [-0.39, 0.29) is 11.9 Å². The molecule has 1 aliphatic rings. The predicted octanol–water partition coefficient (Wildman–Crippen LogP) is 1.82. The van der Waals surface area contributed by atoms with E-state index < -0.39 is 0 Å². The van der Waals surface area contributed by atoms with Crippen LogP contribution in [0.3, 0.4) is 0 Å². The van der Waals surface area contributed by atoms with E-state index in [1.807, 2.05) is 15.7 Å². The molecule has 0 saturated carbocycles. The van der Waals surface area contributed by atoms with Crippen LogP contribution in [0.5, 0.6) is 0 Å². The molecule has 0 aromatic carbocycles. The van der Waals surface area contributed by atoms with E-state index in [9.17, 15) is 4.79 Å². The smallest absolute Gasteiger partial charge is 0.270 e. The molecule has 1 fully saturated rings. The molecule has 0 atom stereocenters. The normalized spacial score (nSPS) is 16.9. The third-order valence-corrected chi connectivity index (χ3v) is 3.84. The van der Waals surface area contributed by atoms with Crippen molar-refractivity contribution in [3.05, 3.63) is 18.0 Å². The van der Waals surface area contributed by atoms with Crippen molar-refractivity contribution in [2.24, 2.45) is 0 Å². The molecule has 0 unspecified atom stereocenters. The SMILES string of the molecule is CCCN1CCN(C(=O)c2cc(N)cn2C(C)C)CC1. The topological polar surface area (TPSA) is 54.5 Å². The van der Waals surface area contributed by atoms with Crippen LogP contribution in [-0.4, -0.2) is 53.0 Å². The summed E-state index contributed by atoms with van der Waals surface area (Å²) < 4.78 is 1.97. The molecule has 2 rings (SSSR count). The van der Waals surface area contributed by atoms with Gasteiger partial charge in [0, 0.05) is 38.4 Å². The van der Waals surface area contributed by atoms with E-state index in [4.69, 9.17) is 5.73 Å². The van der Waals surface area contributed by atoms with Gasteiger partial charge in [-0.25, -0.2) is 0 Å².